The third kappa shape index (κ3) is 1.89. The van der Waals surface area contributed by atoms with Gasteiger partial charge in [-0.05, 0) is 24.3 Å². The lowest BCUT2D eigenvalue weighted by atomic mass is 10.1. The van der Waals surface area contributed by atoms with Gasteiger partial charge < -0.3 is 9.47 Å². The minimum Gasteiger partial charge on any atom is -0.346 e. The number of benzene rings is 1. The van der Waals surface area contributed by atoms with Crippen LogP contribution in [0.4, 0.5) is 0 Å². The van der Waals surface area contributed by atoms with Crippen LogP contribution < -0.4 is 5.56 Å². The van der Waals surface area contributed by atoms with Gasteiger partial charge in [-0.15, -0.1) is 0 Å². The SMILES string of the molecule is O=c1c2cc3cc(Cl)ccc3nc2n2n1CCC1(C2)OCCO1. The van der Waals surface area contributed by atoms with Gasteiger partial charge >= 0.3 is 0 Å². The molecule has 23 heavy (non-hydrogen) atoms. The third-order valence-corrected chi connectivity index (χ3v) is 4.90. The minimum absolute atomic E-state index is 0.0257. The molecule has 0 saturated carbocycles. The highest BCUT2D eigenvalue weighted by Gasteiger charge is 2.41. The van der Waals surface area contributed by atoms with Gasteiger partial charge in [0.15, 0.2) is 11.4 Å². The van der Waals surface area contributed by atoms with Crippen LogP contribution in [0.2, 0.25) is 5.02 Å². The molecule has 1 saturated heterocycles. The van der Waals surface area contributed by atoms with Gasteiger partial charge in [0.2, 0.25) is 0 Å². The molecule has 2 aliphatic heterocycles. The average molecular weight is 332 g/mol. The van der Waals surface area contributed by atoms with Gasteiger partial charge in [0, 0.05) is 23.4 Å². The maximum absolute atomic E-state index is 12.7. The number of nitrogens with zero attached hydrogens (tertiary/aromatic N) is 3. The monoisotopic (exact) mass is 331 g/mol. The zero-order chi connectivity index (χ0) is 15.6. The van der Waals surface area contributed by atoms with Gasteiger partial charge in [-0.25, -0.2) is 9.67 Å². The summed E-state index contributed by atoms with van der Waals surface area (Å²) >= 11 is 6.04. The number of fused-ring (bicyclic) bond motifs is 4. The Balaban J connectivity index is 1.78. The fraction of sp³-hybridized carbons (Fsp3) is 0.375. The second kappa shape index (κ2) is 4.56. The summed E-state index contributed by atoms with van der Waals surface area (Å²) in [5.41, 5.74) is 1.46. The molecule has 2 aromatic heterocycles. The summed E-state index contributed by atoms with van der Waals surface area (Å²) < 4.78 is 15.2. The first kappa shape index (κ1) is 13.5. The Hall–Kier alpha value is -1.89. The molecule has 3 aromatic rings. The van der Waals surface area contributed by atoms with E-state index >= 15 is 0 Å². The normalized spacial score (nSPS) is 19.7. The van der Waals surface area contributed by atoms with Gasteiger partial charge in [-0.1, -0.05) is 11.6 Å². The smallest absolute Gasteiger partial charge is 0.276 e. The fourth-order valence-corrected chi connectivity index (χ4v) is 3.73. The Bertz CT molecular complexity index is 1000. The molecule has 1 fully saturated rings. The summed E-state index contributed by atoms with van der Waals surface area (Å²) in [7, 11) is 0. The molecule has 6 nitrogen and oxygen atoms in total. The van der Waals surface area contributed by atoms with E-state index in [0.29, 0.717) is 48.8 Å². The first-order valence-electron chi connectivity index (χ1n) is 7.63. The van der Waals surface area contributed by atoms with Gasteiger partial charge in [0.05, 0.1) is 30.7 Å². The number of hydrogen-bond acceptors (Lipinski definition) is 4. The second-order valence-corrected chi connectivity index (χ2v) is 6.48. The molecule has 118 valence electrons. The molecule has 0 atom stereocenters. The molecule has 0 N–H and O–H groups in total. The summed E-state index contributed by atoms with van der Waals surface area (Å²) in [6.07, 6.45) is 0.675. The molecular weight excluding hydrogens is 318 g/mol. The van der Waals surface area contributed by atoms with Crippen LogP contribution in [-0.2, 0) is 22.6 Å². The van der Waals surface area contributed by atoms with Crippen molar-refractivity contribution in [2.75, 3.05) is 13.2 Å². The average Bonchev–Trinajstić information content (AvgIpc) is 3.10. The number of pyridine rings is 1. The molecule has 2 aliphatic rings. The molecule has 0 amide bonds. The van der Waals surface area contributed by atoms with Crippen LogP contribution >= 0.6 is 11.6 Å². The molecule has 0 bridgehead atoms. The van der Waals surface area contributed by atoms with Crippen molar-refractivity contribution in [3.63, 3.8) is 0 Å². The van der Waals surface area contributed by atoms with Crippen LogP contribution in [0.3, 0.4) is 0 Å². The molecule has 7 heteroatoms. The zero-order valence-electron chi connectivity index (χ0n) is 12.3. The van der Waals surface area contributed by atoms with Crippen molar-refractivity contribution in [1.29, 1.82) is 0 Å². The van der Waals surface area contributed by atoms with Crippen molar-refractivity contribution in [2.45, 2.75) is 25.3 Å². The molecule has 0 radical (unpaired) electrons. The fourth-order valence-electron chi connectivity index (χ4n) is 3.55. The third-order valence-electron chi connectivity index (χ3n) is 4.67. The second-order valence-electron chi connectivity index (χ2n) is 6.04. The highest BCUT2D eigenvalue weighted by Crippen LogP contribution is 2.31. The van der Waals surface area contributed by atoms with Crippen molar-refractivity contribution in [3.8, 4) is 0 Å². The first-order valence-corrected chi connectivity index (χ1v) is 8.01. The Labute approximate surface area is 136 Å². The van der Waals surface area contributed by atoms with Crippen molar-refractivity contribution in [2.24, 2.45) is 0 Å². The van der Waals surface area contributed by atoms with E-state index in [1.54, 1.807) is 10.7 Å². The topological polar surface area (TPSA) is 58.3 Å². The largest absolute Gasteiger partial charge is 0.346 e. The van der Waals surface area contributed by atoms with Crippen molar-refractivity contribution >= 4 is 33.5 Å². The minimum atomic E-state index is -0.616. The van der Waals surface area contributed by atoms with E-state index in [-0.39, 0.29) is 5.56 Å². The van der Waals surface area contributed by atoms with Crippen LogP contribution in [0.5, 0.6) is 0 Å². The van der Waals surface area contributed by atoms with Crippen molar-refractivity contribution in [3.05, 3.63) is 39.6 Å². The summed E-state index contributed by atoms with van der Waals surface area (Å²) in [6.45, 7) is 2.24. The molecular formula is C16H14ClN3O3. The lowest BCUT2D eigenvalue weighted by Gasteiger charge is -2.33. The van der Waals surface area contributed by atoms with E-state index in [1.807, 2.05) is 22.9 Å². The Morgan fingerprint density at radius 3 is 2.83 bits per heavy atom. The molecule has 0 unspecified atom stereocenters. The first-order chi connectivity index (χ1) is 11.2. The molecule has 1 spiro atoms. The Morgan fingerprint density at radius 1 is 1.17 bits per heavy atom. The molecule has 0 aliphatic carbocycles. The maximum Gasteiger partial charge on any atom is 0.276 e. The van der Waals surface area contributed by atoms with E-state index in [1.165, 1.54) is 0 Å². The van der Waals surface area contributed by atoms with E-state index in [9.17, 15) is 4.79 Å². The number of hydrogen-bond donors (Lipinski definition) is 0. The predicted octanol–water partition coefficient (Wildman–Crippen LogP) is 2.15. The Morgan fingerprint density at radius 2 is 2.00 bits per heavy atom. The number of ether oxygens (including phenoxy) is 2. The van der Waals surface area contributed by atoms with E-state index in [0.717, 1.165) is 10.9 Å². The summed E-state index contributed by atoms with van der Waals surface area (Å²) in [6, 6.07) is 7.37. The quantitative estimate of drug-likeness (QED) is 0.633. The van der Waals surface area contributed by atoms with Gasteiger partial charge in [0.25, 0.3) is 5.56 Å². The van der Waals surface area contributed by atoms with Crippen molar-refractivity contribution < 1.29 is 9.47 Å². The predicted molar refractivity (Wildman–Crippen MR) is 85.8 cm³/mol. The molecule has 1 aromatic carbocycles. The summed E-state index contributed by atoms with van der Waals surface area (Å²) in [4.78, 5) is 17.4. The lowest BCUT2D eigenvalue weighted by Crippen LogP contribution is -2.45. The maximum atomic E-state index is 12.7. The van der Waals surface area contributed by atoms with E-state index < -0.39 is 5.79 Å². The molecule has 4 heterocycles. The van der Waals surface area contributed by atoms with E-state index in [2.05, 4.69) is 4.98 Å². The van der Waals surface area contributed by atoms with Crippen LogP contribution in [0.25, 0.3) is 21.9 Å². The van der Waals surface area contributed by atoms with Crippen LogP contribution in [0.15, 0.2) is 29.1 Å². The van der Waals surface area contributed by atoms with Crippen LogP contribution in [0.1, 0.15) is 6.42 Å². The number of halogens is 1. The number of rotatable bonds is 0. The lowest BCUT2D eigenvalue weighted by molar-refractivity contribution is -0.187. The van der Waals surface area contributed by atoms with Crippen LogP contribution in [0, 0.1) is 0 Å². The number of aromatic nitrogens is 3. The highest BCUT2D eigenvalue weighted by molar-refractivity contribution is 6.31. The van der Waals surface area contributed by atoms with Crippen molar-refractivity contribution in [1.82, 2.24) is 14.3 Å². The van der Waals surface area contributed by atoms with Crippen LogP contribution in [-0.4, -0.2) is 33.3 Å². The summed E-state index contributed by atoms with van der Waals surface area (Å²) in [5.74, 6) is -0.616. The highest BCUT2D eigenvalue weighted by atomic mass is 35.5. The van der Waals surface area contributed by atoms with Gasteiger partial charge in [-0.3, -0.25) is 9.48 Å². The van der Waals surface area contributed by atoms with Gasteiger partial charge in [-0.2, -0.15) is 0 Å². The Kier molecular flexibility index (Phi) is 2.69. The van der Waals surface area contributed by atoms with E-state index in [4.69, 9.17) is 21.1 Å². The molecule has 5 rings (SSSR count). The van der Waals surface area contributed by atoms with Gasteiger partial charge in [0.1, 0.15) is 0 Å². The zero-order valence-corrected chi connectivity index (χ0v) is 13.0. The standard InChI is InChI=1S/C16H14ClN3O3/c17-11-1-2-13-10(7-11)8-12-14(18-13)20-9-16(22-5-6-23-16)3-4-19(20)15(12)21/h1-2,7-8H,3-6,9H2. The summed E-state index contributed by atoms with van der Waals surface area (Å²) in [5, 5.41) is 2.11.